The van der Waals surface area contributed by atoms with E-state index in [1.54, 1.807) is 0 Å². The SMILES string of the molecule is CC(C)(C)C#CCc1ccccc1N=P(c1ccccc1)(c1ccccc1)c1ccccc1. The summed E-state index contributed by atoms with van der Waals surface area (Å²) >= 11 is 0. The molecular formula is C31H30NP. The second kappa shape index (κ2) is 10.1. The van der Waals surface area contributed by atoms with Gasteiger partial charge in [-0.1, -0.05) is 121 Å². The summed E-state index contributed by atoms with van der Waals surface area (Å²) in [5.41, 5.74) is 2.17. The predicted molar refractivity (Wildman–Crippen MR) is 145 cm³/mol. The van der Waals surface area contributed by atoms with Crippen molar-refractivity contribution < 1.29 is 0 Å². The molecule has 0 heterocycles. The molecular weight excluding hydrogens is 417 g/mol. The molecule has 0 aliphatic heterocycles. The van der Waals surface area contributed by atoms with Crippen molar-refractivity contribution in [2.75, 3.05) is 0 Å². The number of nitrogens with zero attached hydrogens (tertiary/aromatic N) is 1. The fourth-order valence-electron chi connectivity index (χ4n) is 3.88. The lowest BCUT2D eigenvalue weighted by atomic mass is 9.97. The lowest BCUT2D eigenvalue weighted by Gasteiger charge is -2.27. The smallest absolute Gasteiger partial charge is 0.0666 e. The third kappa shape index (κ3) is 5.36. The van der Waals surface area contributed by atoms with Gasteiger partial charge >= 0.3 is 0 Å². The number of benzene rings is 4. The van der Waals surface area contributed by atoms with Crippen LogP contribution in [0.3, 0.4) is 0 Å². The van der Waals surface area contributed by atoms with E-state index in [2.05, 4.69) is 148 Å². The average Bonchev–Trinajstić information content (AvgIpc) is 2.84. The van der Waals surface area contributed by atoms with Crippen LogP contribution in [-0.2, 0) is 6.42 Å². The molecule has 0 N–H and O–H groups in total. The summed E-state index contributed by atoms with van der Waals surface area (Å²) < 4.78 is 5.66. The van der Waals surface area contributed by atoms with Crippen LogP contribution in [0.5, 0.6) is 0 Å². The van der Waals surface area contributed by atoms with Crippen LogP contribution in [0.25, 0.3) is 0 Å². The molecule has 4 rings (SSSR count). The molecule has 33 heavy (non-hydrogen) atoms. The number of hydrogen-bond donors (Lipinski definition) is 0. The maximum atomic E-state index is 5.66. The third-order valence-corrected chi connectivity index (χ3v) is 9.03. The van der Waals surface area contributed by atoms with Gasteiger partial charge in [0.05, 0.1) is 12.7 Å². The lowest BCUT2D eigenvalue weighted by molar-refractivity contribution is 0.570. The first-order valence-corrected chi connectivity index (χ1v) is 13.1. The van der Waals surface area contributed by atoms with Crippen LogP contribution in [0.15, 0.2) is 120 Å². The van der Waals surface area contributed by atoms with E-state index in [1.807, 2.05) is 0 Å². The van der Waals surface area contributed by atoms with E-state index >= 15 is 0 Å². The van der Waals surface area contributed by atoms with Gasteiger partial charge in [-0.2, -0.15) is 0 Å². The molecule has 0 aliphatic rings. The first-order valence-electron chi connectivity index (χ1n) is 11.4. The Morgan fingerprint density at radius 2 is 1.03 bits per heavy atom. The minimum atomic E-state index is -2.29. The van der Waals surface area contributed by atoms with Crippen LogP contribution in [0.2, 0.25) is 0 Å². The summed E-state index contributed by atoms with van der Waals surface area (Å²) in [6, 6.07) is 40.7. The minimum absolute atomic E-state index is 0.0129. The number of hydrogen-bond acceptors (Lipinski definition) is 1. The van der Waals surface area contributed by atoms with E-state index in [1.165, 1.54) is 21.5 Å². The average molecular weight is 448 g/mol. The highest BCUT2D eigenvalue weighted by molar-refractivity contribution is 7.87. The molecule has 0 saturated heterocycles. The van der Waals surface area contributed by atoms with Gasteiger partial charge in [0.1, 0.15) is 0 Å². The van der Waals surface area contributed by atoms with Crippen molar-refractivity contribution in [2.45, 2.75) is 27.2 Å². The van der Waals surface area contributed by atoms with Crippen LogP contribution in [-0.4, -0.2) is 0 Å². The first kappa shape index (κ1) is 22.8. The Labute approximate surface area is 198 Å². The lowest BCUT2D eigenvalue weighted by Crippen LogP contribution is -2.25. The Morgan fingerprint density at radius 1 is 0.606 bits per heavy atom. The van der Waals surface area contributed by atoms with Crippen LogP contribution in [0.4, 0.5) is 5.69 Å². The maximum absolute atomic E-state index is 5.66. The fourth-order valence-corrected chi connectivity index (χ4v) is 7.45. The van der Waals surface area contributed by atoms with E-state index in [4.69, 9.17) is 4.74 Å². The van der Waals surface area contributed by atoms with Gasteiger partial charge in [-0.05, 0) is 32.4 Å². The van der Waals surface area contributed by atoms with Crippen molar-refractivity contribution in [3.63, 3.8) is 0 Å². The van der Waals surface area contributed by atoms with Crippen LogP contribution < -0.4 is 15.9 Å². The van der Waals surface area contributed by atoms with Crippen molar-refractivity contribution in [2.24, 2.45) is 10.2 Å². The van der Waals surface area contributed by atoms with Crippen molar-refractivity contribution in [3.8, 4) is 11.8 Å². The van der Waals surface area contributed by atoms with Crippen LogP contribution >= 0.6 is 7.05 Å². The summed E-state index contributed by atoms with van der Waals surface area (Å²) in [7, 11) is -2.29. The standard InChI is InChI=1S/C31H30NP/c1-31(2,3)25-15-17-26-16-13-14-24-30(26)32-33(27-18-7-4-8-19-27,28-20-9-5-10-21-28)29-22-11-6-12-23-29/h4-14,16,18-24H,17H2,1-3H3. The second-order valence-corrected chi connectivity index (χ2v) is 12.1. The first-order chi connectivity index (χ1) is 16.0. The third-order valence-electron chi connectivity index (χ3n) is 5.38. The Morgan fingerprint density at radius 3 is 1.48 bits per heavy atom. The normalized spacial score (nSPS) is 11.4. The van der Waals surface area contributed by atoms with E-state index in [0.29, 0.717) is 6.42 Å². The molecule has 0 amide bonds. The van der Waals surface area contributed by atoms with E-state index in [0.717, 1.165) is 5.69 Å². The Balaban J connectivity index is 2.02. The quantitative estimate of drug-likeness (QED) is 0.229. The second-order valence-electron chi connectivity index (χ2n) is 9.10. The number of rotatable bonds is 5. The van der Waals surface area contributed by atoms with Crippen LogP contribution in [0.1, 0.15) is 26.3 Å². The highest BCUT2D eigenvalue weighted by atomic mass is 31.2. The molecule has 164 valence electrons. The zero-order chi connectivity index (χ0) is 23.2. The molecule has 1 nitrogen and oxygen atoms in total. The van der Waals surface area contributed by atoms with Gasteiger partial charge in [-0.3, -0.25) is 4.74 Å². The summed E-state index contributed by atoms with van der Waals surface area (Å²) in [4.78, 5) is 0. The molecule has 0 aromatic heterocycles. The molecule has 0 bridgehead atoms. The van der Waals surface area contributed by atoms with E-state index in [9.17, 15) is 0 Å². The Hall–Kier alpha value is -3.33. The Bertz CT molecular complexity index is 1200. The van der Waals surface area contributed by atoms with Crippen molar-refractivity contribution in [3.05, 3.63) is 121 Å². The van der Waals surface area contributed by atoms with Crippen molar-refractivity contribution in [1.82, 2.24) is 0 Å². The molecule has 2 heteroatoms. The monoisotopic (exact) mass is 447 g/mol. The molecule has 0 saturated carbocycles. The van der Waals surface area contributed by atoms with Gasteiger partial charge in [0, 0.05) is 27.7 Å². The largest absolute Gasteiger partial charge is 0.254 e. The zero-order valence-corrected chi connectivity index (χ0v) is 20.5. The zero-order valence-electron chi connectivity index (χ0n) is 19.6. The maximum Gasteiger partial charge on any atom is 0.0666 e. The molecule has 4 aromatic carbocycles. The molecule has 0 atom stereocenters. The highest BCUT2D eigenvalue weighted by Crippen LogP contribution is 2.49. The van der Waals surface area contributed by atoms with Gasteiger partial charge in [-0.15, -0.1) is 0 Å². The Kier molecular flexibility index (Phi) is 6.98. The predicted octanol–water partition coefficient (Wildman–Crippen LogP) is 7.09. The van der Waals surface area contributed by atoms with Crippen LogP contribution in [0, 0.1) is 17.3 Å². The van der Waals surface area contributed by atoms with E-state index in [-0.39, 0.29) is 5.41 Å². The van der Waals surface area contributed by atoms with E-state index < -0.39 is 7.05 Å². The summed E-state index contributed by atoms with van der Waals surface area (Å²) in [5.74, 6) is 6.76. The molecule has 4 aromatic rings. The molecule has 0 spiro atoms. The topological polar surface area (TPSA) is 12.4 Å². The van der Waals surface area contributed by atoms with Gasteiger partial charge in [0.25, 0.3) is 0 Å². The highest BCUT2D eigenvalue weighted by Gasteiger charge is 2.27. The van der Waals surface area contributed by atoms with Crippen molar-refractivity contribution in [1.29, 1.82) is 0 Å². The summed E-state index contributed by atoms with van der Waals surface area (Å²) in [5, 5.41) is 3.74. The minimum Gasteiger partial charge on any atom is -0.254 e. The fraction of sp³-hybridized carbons (Fsp3) is 0.161. The molecule has 0 unspecified atom stereocenters. The molecule has 0 aliphatic carbocycles. The molecule has 0 radical (unpaired) electrons. The van der Waals surface area contributed by atoms with Gasteiger partial charge in [0.15, 0.2) is 0 Å². The van der Waals surface area contributed by atoms with Gasteiger partial charge < -0.3 is 0 Å². The van der Waals surface area contributed by atoms with Crippen molar-refractivity contribution >= 4 is 28.7 Å². The summed E-state index contributed by atoms with van der Waals surface area (Å²) in [6.45, 7) is 6.44. The summed E-state index contributed by atoms with van der Waals surface area (Å²) in [6.07, 6.45) is 0.690. The van der Waals surface area contributed by atoms with Gasteiger partial charge in [0.2, 0.25) is 0 Å². The molecule has 0 fully saturated rings. The van der Waals surface area contributed by atoms with Gasteiger partial charge in [-0.25, -0.2) is 0 Å².